The Bertz CT molecular complexity index is 1170. The summed E-state index contributed by atoms with van der Waals surface area (Å²) in [7, 11) is 1.62. The van der Waals surface area contributed by atoms with Crippen molar-refractivity contribution >= 4 is 16.8 Å². The van der Waals surface area contributed by atoms with Gasteiger partial charge < -0.3 is 10.1 Å². The minimum absolute atomic E-state index is 0.0123. The van der Waals surface area contributed by atoms with E-state index in [1.807, 2.05) is 32.0 Å². The zero-order valence-electron chi connectivity index (χ0n) is 17.7. The van der Waals surface area contributed by atoms with Crippen molar-refractivity contribution < 1.29 is 9.53 Å². The Kier molecular flexibility index (Phi) is 5.57. The summed E-state index contributed by atoms with van der Waals surface area (Å²) >= 11 is 0. The van der Waals surface area contributed by atoms with Gasteiger partial charge in [-0.15, -0.1) is 0 Å². The Morgan fingerprint density at radius 1 is 1.17 bits per heavy atom. The first-order chi connectivity index (χ1) is 14.5. The number of nitrogens with zero attached hydrogens (tertiary/aromatic N) is 2. The molecule has 3 aromatic rings. The highest BCUT2D eigenvalue weighted by molar-refractivity contribution is 5.97. The smallest absolute Gasteiger partial charge is 0.261 e. The zero-order chi connectivity index (χ0) is 21.3. The van der Waals surface area contributed by atoms with Crippen LogP contribution in [0.15, 0.2) is 41.2 Å². The Morgan fingerprint density at radius 3 is 2.80 bits per heavy atom. The van der Waals surface area contributed by atoms with Crippen molar-refractivity contribution in [2.45, 2.75) is 52.1 Å². The summed E-state index contributed by atoms with van der Waals surface area (Å²) in [4.78, 5) is 30.5. The molecule has 6 heteroatoms. The fourth-order valence-corrected chi connectivity index (χ4v) is 4.11. The third-order valence-electron chi connectivity index (χ3n) is 5.78. The van der Waals surface area contributed by atoms with Crippen LogP contribution in [0.1, 0.15) is 59.5 Å². The SMILES string of the molecule is COc1ccc(C)cc1[C@@H](C)NC(=O)c1ccc2c(=O)n3c(nc2c1)CCCCC3. The van der Waals surface area contributed by atoms with E-state index in [1.54, 1.807) is 29.9 Å². The molecule has 156 valence electrons. The number of nitrogens with one attached hydrogen (secondary N) is 1. The number of aromatic nitrogens is 2. The van der Waals surface area contributed by atoms with Crippen LogP contribution in [0.5, 0.6) is 5.75 Å². The number of methoxy groups -OCH3 is 1. The molecule has 1 N–H and O–H groups in total. The van der Waals surface area contributed by atoms with Gasteiger partial charge in [0.25, 0.3) is 11.5 Å². The summed E-state index contributed by atoms with van der Waals surface area (Å²) in [5, 5.41) is 3.60. The van der Waals surface area contributed by atoms with E-state index in [0.717, 1.165) is 54.9 Å². The molecular weight excluding hydrogens is 378 g/mol. The van der Waals surface area contributed by atoms with Crippen LogP contribution in [0.4, 0.5) is 0 Å². The quantitative estimate of drug-likeness (QED) is 0.714. The molecule has 0 bridgehead atoms. The van der Waals surface area contributed by atoms with Gasteiger partial charge in [0.15, 0.2) is 0 Å². The lowest BCUT2D eigenvalue weighted by atomic mass is 10.0. The van der Waals surface area contributed by atoms with Gasteiger partial charge in [0.05, 0.1) is 24.1 Å². The molecule has 1 aromatic heterocycles. The molecule has 0 aliphatic carbocycles. The van der Waals surface area contributed by atoms with Crippen LogP contribution >= 0.6 is 0 Å². The Morgan fingerprint density at radius 2 is 2.00 bits per heavy atom. The van der Waals surface area contributed by atoms with Crippen LogP contribution in [0.25, 0.3) is 10.9 Å². The van der Waals surface area contributed by atoms with Gasteiger partial charge in [0.2, 0.25) is 0 Å². The summed E-state index contributed by atoms with van der Waals surface area (Å²) < 4.78 is 7.24. The Labute approximate surface area is 175 Å². The molecule has 0 saturated carbocycles. The van der Waals surface area contributed by atoms with Gasteiger partial charge in [0.1, 0.15) is 11.6 Å². The van der Waals surface area contributed by atoms with Crippen molar-refractivity contribution in [2.75, 3.05) is 7.11 Å². The fraction of sp³-hybridized carbons (Fsp3) is 0.375. The van der Waals surface area contributed by atoms with E-state index < -0.39 is 0 Å². The highest BCUT2D eigenvalue weighted by Gasteiger charge is 2.18. The van der Waals surface area contributed by atoms with Crippen LogP contribution < -0.4 is 15.6 Å². The highest BCUT2D eigenvalue weighted by Crippen LogP contribution is 2.26. The van der Waals surface area contributed by atoms with Crippen molar-refractivity contribution in [3.05, 3.63) is 69.3 Å². The number of hydrogen-bond donors (Lipinski definition) is 1. The third-order valence-corrected chi connectivity index (χ3v) is 5.78. The van der Waals surface area contributed by atoms with Gasteiger partial charge in [-0.2, -0.15) is 0 Å². The first-order valence-corrected chi connectivity index (χ1v) is 10.5. The van der Waals surface area contributed by atoms with E-state index in [9.17, 15) is 9.59 Å². The normalized spacial score (nSPS) is 14.6. The van der Waals surface area contributed by atoms with E-state index >= 15 is 0 Å². The first kappa shape index (κ1) is 20.1. The summed E-state index contributed by atoms with van der Waals surface area (Å²) in [5.41, 5.74) is 3.09. The molecule has 1 aliphatic heterocycles. The molecule has 4 rings (SSSR count). The van der Waals surface area contributed by atoms with Crippen molar-refractivity contribution in [3.63, 3.8) is 0 Å². The second kappa shape index (κ2) is 8.30. The van der Waals surface area contributed by atoms with Crippen molar-refractivity contribution in [2.24, 2.45) is 0 Å². The maximum absolute atomic E-state index is 12.9. The number of fused-ring (bicyclic) bond motifs is 2. The predicted molar refractivity (Wildman–Crippen MR) is 117 cm³/mol. The van der Waals surface area contributed by atoms with Crippen LogP contribution in [0.3, 0.4) is 0 Å². The predicted octanol–water partition coefficient (Wildman–Crippen LogP) is 3.93. The number of rotatable bonds is 4. The molecule has 0 unspecified atom stereocenters. The van der Waals surface area contributed by atoms with Crippen LogP contribution in [0, 0.1) is 6.92 Å². The molecule has 2 aromatic carbocycles. The molecule has 30 heavy (non-hydrogen) atoms. The minimum atomic E-state index is -0.228. The molecule has 0 spiro atoms. The van der Waals surface area contributed by atoms with Gasteiger partial charge in [0, 0.05) is 24.1 Å². The third kappa shape index (κ3) is 3.82. The first-order valence-electron chi connectivity index (χ1n) is 10.5. The number of carbonyl (C=O) groups is 1. The molecule has 0 saturated heterocycles. The number of benzene rings is 2. The average Bonchev–Trinajstić information content (AvgIpc) is 2.99. The number of aryl methyl sites for hydroxylation is 2. The van der Waals surface area contributed by atoms with Gasteiger partial charge in [-0.3, -0.25) is 14.2 Å². The van der Waals surface area contributed by atoms with E-state index in [4.69, 9.17) is 9.72 Å². The van der Waals surface area contributed by atoms with Crippen LogP contribution in [-0.4, -0.2) is 22.6 Å². The molecule has 1 atom stereocenters. The summed E-state index contributed by atoms with van der Waals surface area (Å²) in [5.74, 6) is 1.36. The molecule has 6 nitrogen and oxygen atoms in total. The number of ether oxygens (including phenoxy) is 1. The van der Waals surface area contributed by atoms with Crippen LogP contribution in [-0.2, 0) is 13.0 Å². The summed E-state index contributed by atoms with van der Waals surface area (Å²) in [6.45, 7) is 4.66. The molecule has 2 heterocycles. The Balaban J connectivity index is 1.64. The van der Waals surface area contributed by atoms with E-state index in [2.05, 4.69) is 5.32 Å². The molecule has 0 fully saturated rings. The van der Waals surface area contributed by atoms with Crippen LogP contribution in [0.2, 0.25) is 0 Å². The molecule has 0 radical (unpaired) electrons. The lowest BCUT2D eigenvalue weighted by molar-refractivity contribution is 0.0939. The standard InChI is InChI=1S/C24H27N3O3/c1-15-8-11-21(30-3)19(13-15)16(2)25-23(28)17-9-10-18-20(14-17)26-22-7-5-4-6-12-27(22)24(18)29/h8-11,13-14,16H,4-7,12H2,1-3H3,(H,25,28)/t16-/m1/s1. The largest absolute Gasteiger partial charge is 0.496 e. The van der Waals surface area contributed by atoms with Crippen molar-refractivity contribution in [1.29, 1.82) is 0 Å². The number of carbonyl (C=O) groups excluding carboxylic acids is 1. The lowest BCUT2D eigenvalue weighted by Gasteiger charge is -2.18. The van der Waals surface area contributed by atoms with E-state index in [1.165, 1.54) is 0 Å². The van der Waals surface area contributed by atoms with Gasteiger partial charge in [-0.25, -0.2) is 4.98 Å². The second-order valence-electron chi connectivity index (χ2n) is 7.97. The number of amides is 1. The second-order valence-corrected chi connectivity index (χ2v) is 7.97. The van der Waals surface area contributed by atoms with Gasteiger partial charge >= 0.3 is 0 Å². The van der Waals surface area contributed by atoms with E-state index in [-0.39, 0.29) is 17.5 Å². The topological polar surface area (TPSA) is 73.2 Å². The fourth-order valence-electron chi connectivity index (χ4n) is 4.11. The average molecular weight is 405 g/mol. The van der Waals surface area contributed by atoms with Gasteiger partial charge in [-0.1, -0.05) is 24.1 Å². The Hall–Kier alpha value is -3.15. The van der Waals surface area contributed by atoms with Crippen molar-refractivity contribution in [1.82, 2.24) is 14.9 Å². The number of hydrogen-bond acceptors (Lipinski definition) is 4. The monoisotopic (exact) mass is 405 g/mol. The maximum atomic E-state index is 12.9. The highest BCUT2D eigenvalue weighted by atomic mass is 16.5. The van der Waals surface area contributed by atoms with Crippen molar-refractivity contribution in [3.8, 4) is 5.75 Å². The maximum Gasteiger partial charge on any atom is 0.261 e. The lowest BCUT2D eigenvalue weighted by Crippen LogP contribution is -2.28. The molecule has 1 amide bonds. The summed E-state index contributed by atoms with van der Waals surface area (Å²) in [6.07, 6.45) is 3.94. The summed E-state index contributed by atoms with van der Waals surface area (Å²) in [6, 6.07) is 10.8. The minimum Gasteiger partial charge on any atom is -0.496 e. The molecule has 1 aliphatic rings. The van der Waals surface area contributed by atoms with Gasteiger partial charge in [-0.05, 0) is 51.0 Å². The van der Waals surface area contributed by atoms with E-state index in [0.29, 0.717) is 16.5 Å². The molecular formula is C24H27N3O3. The zero-order valence-corrected chi connectivity index (χ0v) is 17.7.